The van der Waals surface area contributed by atoms with E-state index in [-0.39, 0.29) is 0 Å². The number of nitrogens with one attached hydrogen (secondary N) is 2. The van der Waals surface area contributed by atoms with E-state index < -0.39 is 17.5 Å². The summed E-state index contributed by atoms with van der Waals surface area (Å²) in [6, 6.07) is -0.483. The average Bonchev–Trinajstić information content (AvgIpc) is 2.37. The maximum atomic E-state index is 11.5. The van der Waals surface area contributed by atoms with Crippen LogP contribution in [-0.4, -0.2) is 56.1 Å². The summed E-state index contributed by atoms with van der Waals surface area (Å²) in [6.45, 7) is 5.20. The minimum atomic E-state index is -1.24. The molecule has 3 N–H and O–H groups in total. The van der Waals surface area contributed by atoms with E-state index in [9.17, 15) is 9.59 Å². The molecule has 1 unspecified atom stereocenters. The van der Waals surface area contributed by atoms with Crippen LogP contribution in [0.2, 0.25) is 0 Å². The fourth-order valence-corrected chi connectivity index (χ4v) is 1.21. The highest BCUT2D eigenvalue weighted by Gasteiger charge is 2.32. The van der Waals surface area contributed by atoms with Crippen LogP contribution in [0.25, 0.3) is 0 Å². The Labute approximate surface area is 113 Å². The maximum absolute atomic E-state index is 11.5. The lowest BCUT2D eigenvalue weighted by Gasteiger charge is -2.24. The van der Waals surface area contributed by atoms with Gasteiger partial charge >= 0.3 is 12.0 Å². The normalized spacial score (nSPS) is 13.6. The van der Waals surface area contributed by atoms with Crippen LogP contribution in [0.15, 0.2) is 0 Å². The van der Waals surface area contributed by atoms with Crippen molar-refractivity contribution in [2.45, 2.75) is 32.2 Å². The molecule has 0 aliphatic heterocycles. The predicted octanol–water partition coefficient (Wildman–Crippen LogP) is 0.592. The standard InChI is InChI=1S/C12H24N2O5/c1-4-12(2,10(15)16)14-11(17)13-6-5-7-19-9-8-18-3/h4-9H2,1-3H3,(H,15,16)(H2,13,14,17). The fraction of sp³-hybridized carbons (Fsp3) is 0.833. The molecule has 0 rings (SSSR count). The zero-order valence-electron chi connectivity index (χ0n) is 11.8. The molecule has 0 saturated heterocycles. The Morgan fingerprint density at radius 1 is 1.26 bits per heavy atom. The van der Waals surface area contributed by atoms with Crippen molar-refractivity contribution in [3.8, 4) is 0 Å². The number of hydrogen-bond acceptors (Lipinski definition) is 4. The molecule has 0 aliphatic rings. The third kappa shape index (κ3) is 7.63. The van der Waals surface area contributed by atoms with Crippen molar-refractivity contribution in [1.29, 1.82) is 0 Å². The van der Waals surface area contributed by atoms with Gasteiger partial charge in [0.15, 0.2) is 0 Å². The molecule has 0 aliphatic carbocycles. The van der Waals surface area contributed by atoms with Gasteiger partial charge in [-0.15, -0.1) is 0 Å². The molecule has 0 saturated carbocycles. The first kappa shape index (κ1) is 17.7. The second-order valence-corrected chi connectivity index (χ2v) is 4.33. The van der Waals surface area contributed by atoms with Crippen LogP contribution in [0.4, 0.5) is 4.79 Å². The summed E-state index contributed by atoms with van der Waals surface area (Å²) in [6.07, 6.45) is 0.975. The Kier molecular flexibility index (Phi) is 8.90. The van der Waals surface area contributed by atoms with Crippen LogP contribution in [0.1, 0.15) is 26.7 Å². The van der Waals surface area contributed by atoms with E-state index in [1.54, 1.807) is 14.0 Å². The van der Waals surface area contributed by atoms with Gasteiger partial charge in [-0.25, -0.2) is 9.59 Å². The molecule has 0 spiro atoms. The monoisotopic (exact) mass is 276 g/mol. The molecule has 0 radical (unpaired) electrons. The lowest BCUT2D eigenvalue weighted by molar-refractivity contribution is -0.143. The van der Waals surface area contributed by atoms with Crippen LogP contribution in [0.5, 0.6) is 0 Å². The first-order valence-corrected chi connectivity index (χ1v) is 6.32. The second-order valence-electron chi connectivity index (χ2n) is 4.33. The smallest absolute Gasteiger partial charge is 0.329 e. The van der Waals surface area contributed by atoms with Crippen LogP contribution in [0, 0.1) is 0 Å². The number of methoxy groups -OCH3 is 1. The van der Waals surface area contributed by atoms with Gasteiger partial charge in [0.1, 0.15) is 5.54 Å². The Morgan fingerprint density at radius 2 is 1.95 bits per heavy atom. The summed E-state index contributed by atoms with van der Waals surface area (Å²) >= 11 is 0. The molecular weight excluding hydrogens is 252 g/mol. The largest absolute Gasteiger partial charge is 0.480 e. The van der Waals surface area contributed by atoms with Gasteiger partial charge in [0.25, 0.3) is 0 Å². The Balaban J connectivity index is 3.73. The van der Waals surface area contributed by atoms with E-state index in [4.69, 9.17) is 14.6 Å². The predicted molar refractivity (Wildman–Crippen MR) is 70.2 cm³/mol. The van der Waals surface area contributed by atoms with Crippen molar-refractivity contribution < 1.29 is 24.2 Å². The van der Waals surface area contributed by atoms with E-state index in [1.807, 2.05) is 0 Å². The molecule has 2 amide bonds. The summed E-state index contributed by atoms with van der Waals surface area (Å²) in [5.74, 6) is -1.05. The Morgan fingerprint density at radius 3 is 2.47 bits per heavy atom. The van der Waals surface area contributed by atoms with Crippen LogP contribution in [-0.2, 0) is 14.3 Å². The number of carboxylic acids is 1. The van der Waals surface area contributed by atoms with Gasteiger partial charge < -0.3 is 25.2 Å². The molecule has 0 aromatic rings. The molecular formula is C12H24N2O5. The van der Waals surface area contributed by atoms with E-state index in [1.165, 1.54) is 6.92 Å². The fourth-order valence-electron chi connectivity index (χ4n) is 1.21. The van der Waals surface area contributed by atoms with Crippen LogP contribution < -0.4 is 10.6 Å². The zero-order chi connectivity index (χ0) is 14.7. The average molecular weight is 276 g/mol. The summed E-state index contributed by atoms with van der Waals surface area (Å²) in [5, 5.41) is 14.0. The number of aliphatic carboxylic acids is 1. The third-order valence-corrected chi connectivity index (χ3v) is 2.75. The van der Waals surface area contributed by atoms with Crippen molar-refractivity contribution in [3.63, 3.8) is 0 Å². The highest BCUT2D eigenvalue weighted by molar-refractivity contribution is 5.85. The molecule has 112 valence electrons. The van der Waals surface area contributed by atoms with Crippen molar-refractivity contribution in [1.82, 2.24) is 10.6 Å². The van der Waals surface area contributed by atoms with E-state index in [2.05, 4.69) is 10.6 Å². The number of amides is 2. The molecule has 7 nitrogen and oxygen atoms in total. The number of carbonyl (C=O) groups excluding carboxylic acids is 1. The number of ether oxygens (including phenoxy) is 2. The maximum Gasteiger partial charge on any atom is 0.329 e. The van der Waals surface area contributed by atoms with Gasteiger partial charge in [-0.2, -0.15) is 0 Å². The number of carboxylic acid groups (broad SMARTS) is 1. The lowest BCUT2D eigenvalue weighted by atomic mass is 10.00. The van der Waals surface area contributed by atoms with Crippen molar-refractivity contribution in [3.05, 3.63) is 0 Å². The van der Waals surface area contributed by atoms with Gasteiger partial charge in [-0.05, 0) is 19.8 Å². The van der Waals surface area contributed by atoms with Crippen molar-refractivity contribution in [2.75, 3.05) is 33.5 Å². The highest BCUT2D eigenvalue weighted by Crippen LogP contribution is 2.08. The molecule has 0 aromatic carbocycles. The minimum absolute atomic E-state index is 0.315. The molecule has 0 heterocycles. The van der Waals surface area contributed by atoms with E-state index in [0.717, 1.165) is 0 Å². The molecule has 7 heteroatoms. The van der Waals surface area contributed by atoms with Gasteiger partial charge in [-0.1, -0.05) is 6.92 Å². The zero-order valence-corrected chi connectivity index (χ0v) is 11.8. The number of carbonyl (C=O) groups is 2. The molecule has 19 heavy (non-hydrogen) atoms. The first-order valence-electron chi connectivity index (χ1n) is 6.32. The van der Waals surface area contributed by atoms with Gasteiger partial charge in [0, 0.05) is 20.3 Å². The van der Waals surface area contributed by atoms with E-state index in [0.29, 0.717) is 39.2 Å². The number of rotatable bonds is 10. The molecule has 0 fully saturated rings. The topological polar surface area (TPSA) is 96.9 Å². The second kappa shape index (κ2) is 9.57. The summed E-state index contributed by atoms with van der Waals surface area (Å²) in [7, 11) is 1.60. The summed E-state index contributed by atoms with van der Waals surface area (Å²) < 4.78 is 10.0. The third-order valence-electron chi connectivity index (χ3n) is 2.75. The lowest BCUT2D eigenvalue weighted by Crippen LogP contribution is -2.54. The summed E-state index contributed by atoms with van der Waals surface area (Å²) in [5.41, 5.74) is -1.24. The van der Waals surface area contributed by atoms with Crippen molar-refractivity contribution >= 4 is 12.0 Å². The van der Waals surface area contributed by atoms with Gasteiger partial charge in [-0.3, -0.25) is 0 Å². The Bertz CT molecular complexity index is 285. The highest BCUT2D eigenvalue weighted by atomic mass is 16.5. The van der Waals surface area contributed by atoms with Gasteiger partial charge in [0.05, 0.1) is 13.2 Å². The first-order chi connectivity index (χ1) is 8.96. The number of hydrogen-bond donors (Lipinski definition) is 3. The summed E-state index contributed by atoms with van der Waals surface area (Å²) in [4.78, 5) is 22.5. The molecule has 1 atom stereocenters. The SMILES string of the molecule is CCC(C)(NC(=O)NCCCOCCOC)C(=O)O. The number of urea groups is 1. The quantitative estimate of drug-likeness (QED) is 0.507. The van der Waals surface area contributed by atoms with Crippen molar-refractivity contribution in [2.24, 2.45) is 0 Å². The van der Waals surface area contributed by atoms with Crippen LogP contribution >= 0.6 is 0 Å². The van der Waals surface area contributed by atoms with Crippen LogP contribution in [0.3, 0.4) is 0 Å². The molecule has 0 bridgehead atoms. The Hall–Kier alpha value is -1.34. The molecule has 0 aromatic heterocycles. The van der Waals surface area contributed by atoms with Gasteiger partial charge in [0.2, 0.25) is 0 Å². The minimum Gasteiger partial charge on any atom is -0.480 e. The van der Waals surface area contributed by atoms with E-state index >= 15 is 0 Å².